The van der Waals surface area contributed by atoms with Crippen molar-refractivity contribution in [3.05, 3.63) is 16.6 Å². The molecular formula is C12H16N4OS2. The molecule has 19 heavy (non-hydrogen) atoms. The van der Waals surface area contributed by atoms with Gasteiger partial charge in [0.2, 0.25) is 0 Å². The van der Waals surface area contributed by atoms with Gasteiger partial charge in [0.15, 0.2) is 10.8 Å². The first-order chi connectivity index (χ1) is 9.29. The fraction of sp³-hybridized carbons (Fsp3) is 0.583. The number of thioether (sulfide) groups is 2. The van der Waals surface area contributed by atoms with Crippen molar-refractivity contribution in [1.82, 2.24) is 19.7 Å². The maximum absolute atomic E-state index is 12.0. The van der Waals surface area contributed by atoms with Crippen LogP contribution in [-0.4, -0.2) is 37.0 Å². The van der Waals surface area contributed by atoms with Gasteiger partial charge in [-0.3, -0.25) is 4.79 Å². The standard InChI is InChI=1S/C12H16N4OS2/c1-2-19-12-14-10-9(11(17)15-12)7-13-16(10)8-3-5-18-6-4-8/h7-8H,2-6H2,1H3,(H,14,15,17). The van der Waals surface area contributed by atoms with Gasteiger partial charge < -0.3 is 4.98 Å². The Morgan fingerprint density at radius 2 is 2.32 bits per heavy atom. The average Bonchev–Trinajstić information content (AvgIpc) is 2.84. The molecule has 3 rings (SSSR count). The zero-order chi connectivity index (χ0) is 13.2. The number of H-pyrrole nitrogens is 1. The second-order valence-electron chi connectivity index (χ2n) is 4.47. The van der Waals surface area contributed by atoms with Crippen LogP contribution in [0.2, 0.25) is 0 Å². The Morgan fingerprint density at radius 1 is 1.53 bits per heavy atom. The summed E-state index contributed by atoms with van der Waals surface area (Å²) in [5, 5.41) is 5.68. The Labute approximate surface area is 119 Å². The molecule has 0 amide bonds. The van der Waals surface area contributed by atoms with Gasteiger partial charge in [0.05, 0.1) is 12.2 Å². The van der Waals surface area contributed by atoms with E-state index in [-0.39, 0.29) is 5.56 Å². The molecule has 0 aromatic carbocycles. The summed E-state index contributed by atoms with van der Waals surface area (Å²) in [6, 6.07) is 0.382. The molecule has 2 aromatic heterocycles. The second-order valence-corrected chi connectivity index (χ2v) is 6.95. The number of hydrogen-bond donors (Lipinski definition) is 1. The Bertz CT molecular complexity index is 630. The molecule has 1 aliphatic rings. The van der Waals surface area contributed by atoms with Crippen molar-refractivity contribution < 1.29 is 0 Å². The summed E-state index contributed by atoms with van der Waals surface area (Å²) in [7, 11) is 0. The summed E-state index contributed by atoms with van der Waals surface area (Å²) in [5.74, 6) is 3.21. The van der Waals surface area contributed by atoms with Crippen LogP contribution in [0.5, 0.6) is 0 Å². The van der Waals surface area contributed by atoms with E-state index >= 15 is 0 Å². The molecule has 0 unspecified atom stereocenters. The van der Waals surface area contributed by atoms with Crippen molar-refractivity contribution in [2.75, 3.05) is 17.3 Å². The number of hydrogen-bond acceptors (Lipinski definition) is 5. The topological polar surface area (TPSA) is 63.6 Å². The predicted octanol–water partition coefficient (Wildman–Crippen LogP) is 2.30. The maximum atomic E-state index is 12.0. The van der Waals surface area contributed by atoms with Crippen LogP contribution in [0.1, 0.15) is 25.8 Å². The van der Waals surface area contributed by atoms with Gasteiger partial charge in [-0.2, -0.15) is 16.9 Å². The first-order valence-corrected chi connectivity index (χ1v) is 8.61. The minimum absolute atomic E-state index is 0.0858. The van der Waals surface area contributed by atoms with E-state index in [9.17, 15) is 4.79 Å². The maximum Gasteiger partial charge on any atom is 0.262 e. The van der Waals surface area contributed by atoms with Gasteiger partial charge in [0, 0.05) is 0 Å². The molecule has 0 aliphatic carbocycles. The lowest BCUT2D eigenvalue weighted by atomic mass is 10.1. The van der Waals surface area contributed by atoms with Crippen molar-refractivity contribution >= 4 is 34.6 Å². The van der Waals surface area contributed by atoms with Crippen LogP contribution in [-0.2, 0) is 0 Å². The third kappa shape index (κ3) is 2.53. The van der Waals surface area contributed by atoms with Crippen molar-refractivity contribution in [2.45, 2.75) is 31.0 Å². The number of rotatable bonds is 3. The van der Waals surface area contributed by atoms with E-state index in [0.29, 0.717) is 16.6 Å². The third-order valence-electron chi connectivity index (χ3n) is 3.26. The molecule has 7 heteroatoms. The van der Waals surface area contributed by atoms with Gasteiger partial charge in [-0.15, -0.1) is 0 Å². The molecule has 5 nitrogen and oxygen atoms in total. The van der Waals surface area contributed by atoms with E-state index in [4.69, 9.17) is 0 Å². The highest BCUT2D eigenvalue weighted by Crippen LogP contribution is 2.28. The molecule has 3 heterocycles. The van der Waals surface area contributed by atoms with Gasteiger partial charge >= 0.3 is 0 Å². The minimum Gasteiger partial charge on any atom is -0.301 e. The largest absolute Gasteiger partial charge is 0.301 e. The lowest BCUT2D eigenvalue weighted by molar-refractivity contribution is 0.436. The van der Waals surface area contributed by atoms with Gasteiger partial charge in [0.1, 0.15) is 5.39 Å². The summed E-state index contributed by atoms with van der Waals surface area (Å²) in [6.07, 6.45) is 3.85. The van der Waals surface area contributed by atoms with Crippen LogP contribution in [0.25, 0.3) is 11.0 Å². The Morgan fingerprint density at radius 3 is 3.05 bits per heavy atom. The summed E-state index contributed by atoms with van der Waals surface area (Å²) in [5.41, 5.74) is 0.647. The normalized spacial score (nSPS) is 17.1. The van der Waals surface area contributed by atoms with E-state index in [1.165, 1.54) is 0 Å². The Balaban J connectivity index is 2.07. The lowest BCUT2D eigenvalue weighted by Gasteiger charge is -2.21. The highest BCUT2D eigenvalue weighted by molar-refractivity contribution is 7.99. The molecule has 0 saturated carbocycles. The first-order valence-electron chi connectivity index (χ1n) is 6.47. The molecule has 1 N–H and O–H groups in total. The molecule has 0 radical (unpaired) electrons. The number of aromatic nitrogens is 4. The second kappa shape index (κ2) is 5.58. The van der Waals surface area contributed by atoms with E-state index < -0.39 is 0 Å². The molecular weight excluding hydrogens is 280 g/mol. The quantitative estimate of drug-likeness (QED) is 0.695. The minimum atomic E-state index is -0.0858. The van der Waals surface area contributed by atoms with E-state index in [1.54, 1.807) is 18.0 Å². The highest BCUT2D eigenvalue weighted by atomic mass is 32.2. The number of nitrogens with one attached hydrogen (secondary N) is 1. The van der Waals surface area contributed by atoms with Gasteiger partial charge in [-0.05, 0) is 30.1 Å². The van der Waals surface area contributed by atoms with Crippen molar-refractivity contribution in [2.24, 2.45) is 0 Å². The molecule has 1 aliphatic heterocycles. The van der Waals surface area contributed by atoms with Gasteiger partial charge in [-0.25, -0.2) is 9.67 Å². The average molecular weight is 296 g/mol. The van der Waals surface area contributed by atoms with E-state index in [1.807, 2.05) is 23.4 Å². The van der Waals surface area contributed by atoms with Crippen LogP contribution in [0.3, 0.4) is 0 Å². The van der Waals surface area contributed by atoms with Gasteiger partial charge in [-0.1, -0.05) is 18.7 Å². The van der Waals surface area contributed by atoms with E-state index in [0.717, 1.165) is 35.7 Å². The summed E-state index contributed by atoms with van der Waals surface area (Å²) >= 11 is 3.53. The van der Waals surface area contributed by atoms with Gasteiger partial charge in [0.25, 0.3) is 5.56 Å². The van der Waals surface area contributed by atoms with Crippen LogP contribution in [0.4, 0.5) is 0 Å². The summed E-state index contributed by atoms with van der Waals surface area (Å²) < 4.78 is 1.95. The smallest absolute Gasteiger partial charge is 0.262 e. The molecule has 0 atom stereocenters. The number of fused-ring (bicyclic) bond motifs is 1. The van der Waals surface area contributed by atoms with E-state index in [2.05, 4.69) is 15.1 Å². The molecule has 102 valence electrons. The SMILES string of the molecule is CCSc1nc2c(cnn2C2CCSCC2)c(=O)[nH]1. The Kier molecular flexibility index (Phi) is 3.83. The van der Waals surface area contributed by atoms with Crippen LogP contribution in [0.15, 0.2) is 16.1 Å². The number of nitrogens with zero attached hydrogens (tertiary/aromatic N) is 3. The van der Waals surface area contributed by atoms with Crippen molar-refractivity contribution in [1.29, 1.82) is 0 Å². The summed E-state index contributed by atoms with van der Waals surface area (Å²) in [4.78, 5) is 19.4. The molecule has 1 fully saturated rings. The predicted molar refractivity (Wildman–Crippen MR) is 80.1 cm³/mol. The third-order valence-corrected chi connectivity index (χ3v) is 5.06. The monoisotopic (exact) mass is 296 g/mol. The Hall–Kier alpha value is -0.950. The summed E-state index contributed by atoms with van der Waals surface area (Å²) in [6.45, 7) is 2.05. The zero-order valence-corrected chi connectivity index (χ0v) is 12.4. The fourth-order valence-corrected chi connectivity index (χ4v) is 3.99. The molecule has 0 spiro atoms. The molecule has 0 bridgehead atoms. The molecule has 2 aromatic rings. The number of aromatic amines is 1. The molecule has 1 saturated heterocycles. The first kappa shape index (κ1) is 13.1. The van der Waals surface area contributed by atoms with Crippen molar-refractivity contribution in [3.8, 4) is 0 Å². The van der Waals surface area contributed by atoms with Crippen molar-refractivity contribution in [3.63, 3.8) is 0 Å². The lowest BCUT2D eigenvalue weighted by Crippen LogP contribution is -2.18. The van der Waals surface area contributed by atoms with Crippen LogP contribution < -0.4 is 5.56 Å². The zero-order valence-electron chi connectivity index (χ0n) is 10.8. The highest BCUT2D eigenvalue weighted by Gasteiger charge is 2.20. The van der Waals surface area contributed by atoms with Crippen LogP contribution in [0, 0.1) is 0 Å². The fourth-order valence-electron chi connectivity index (χ4n) is 2.32. The van der Waals surface area contributed by atoms with Crippen LogP contribution >= 0.6 is 23.5 Å².